The Morgan fingerprint density at radius 2 is 1.57 bits per heavy atom. The van der Waals surface area contributed by atoms with E-state index in [1.54, 1.807) is 24.3 Å². The third-order valence-electron chi connectivity index (χ3n) is 4.67. The molecule has 3 aromatic carbocycles. The standard InChI is InChI=1S/C24H26N2O4/c1-2-3-12-29-23(27)19-8-10-22(11-9-19)26-24(28)30-16-18-5-7-20-13-17(15-25)4-6-21(20)14-18/h4-11,13-14H,2-3,12,15-16,25H2,1H3,(H,26,28). The van der Waals surface area contributed by atoms with Gasteiger partial charge in [-0.2, -0.15) is 0 Å². The lowest BCUT2D eigenvalue weighted by molar-refractivity contribution is 0.0499. The van der Waals surface area contributed by atoms with E-state index in [9.17, 15) is 9.59 Å². The van der Waals surface area contributed by atoms with Gasteiger partial charge in [-0.25, -0.2) is 9.59 Å². The minimum Gasteiger partial charge on any atom is -0.462 e. The summed E-state index contributed by atoms with van der Waals surface area (Å²) in [5.41, 5.74) is 8.63. The molecule has 6 heteroatoms. The van der Waals surface area contributed by atoms with E-state index >= 15 is 0 Å². The second kappa shape index (κ2) is 10.4. The van der Waals surface area contributed by atoms with Crippen molar-refractivity contribution in [1.29, 1.82) is 0 Å². The zero-order valence-electron chi connectivity index (χ0n) is 17.0. The maximum Gasteiger partial charge on any atom is 0.411 e. The molecule has 0 saturated heterocycles. The number of fused-ring (bicyclic) bond motifs is 1. The van der Waals surface area contributed by atoms with Crippen LogP contribution in [0.15, 0.2) is 60.7 Å². The number of unbranched alkanes of at least 4 members (excludes halogenated alkanes) is 1. The second-order valence-electron chi connectivity index (χ2n) is 6.99. The molecule has 0 aromatic heterocycles. The number of nitrogens with one attached hydrogen (secondary N) is 1. The number of hydrogen-bond donors (Lipinski definition) is 2. The first-order valence-corrected chi connectivity index (χ1v) is 10.0. The van der Waals surface area contributed by atoms with Crippen molar-refractivity contribution in [2.24, 2.45) is 5.73 Å². The van der Waals surface area contributed by atoms with Crippen LogP contribution in [0.1, 0.15) is 41.3 Å². The molecule has 0 spiro atoms. The molecule has 0 aliphatic rings. The molecule has 0 unspecified atom stereocenters. The summed E-state index contributed by atoms with van der Waals surface area (Å²) in [5, 5.41) is 4.82. The van der Waals surface area contributed by atoms with Crippen LogP contribution >= 0.6 is 0 Å². The van der Waals surface area contributed by atoms with Crippen LogP contribution in [-0.4, -0.2) is 18.7 Å². The van der Waals surface area contributed by atoms with Gasteiger partial charge in [-0.3, -0.25) is 5.32 Å². The van der Waals surface area contributed by atoms with Crippen molar-refractivity contribution >= 4 is 28.5 Å². The fourth-order valence-electron chi connectivity index (χ4n) is 2.95. The first kappa shape index (κ1) is 21.3. The monoisotopic (exact) mass is 406 g/mol. The third-order valence-corrected chi connectivity index (χ3v) is 4.67. The molecule has 3 rings (SSSR count). The van der Waals surface area contributed by atoms with Gasteiger partial charge in [-0.15, -0.1) is 0 Å². The van der Waals surface area contributed by atoms with Crippen LogP contribution in [0.3, 0.4) is 0 Å². The zero-order chi connectivity index (χ0) is 21.3. The van der Waals surface area contributed by atoms with Gasteiger partial charge < -0.3 is 15.2 Å². The molecule has 30 heavy (non-hydrogen) atoms. The van der Waals surface area contributed by atoms with Gasteiger partial charge in [0.25, 0.3) is 0 Å². The molecule has 0 saturated carbocycles. The summed E-state index contributed by atoms with van der Waals surface area (Å²) < 4.78 is 10.5. The summed E-state index contributed by atoms with van der Waals surface area (Å²) in [6.07, 6.45) is 1.24. The van der Waals surface area contributed by atoms with Crippen molar-refractivity contribution in [2.45, 2.75) is 32.9 Å². The molecular formula is C24H26N2O4. The van der Waals surface area contributed by atoms with Gasteiger partial charge in [0.05, 0.1) is 12.2 Å². The second-order valence-corrected chi connectivity index (χ2v) is 6.99. The van der Waals surface area contributed by atoms with Crippen molar-refractivity contribution in [3.63, 3.8) is 0 Å². The molecule has 0 aliphatic heterocycles. The highest BCUT2D eigenvalue weighted by molar-refractivity contribution is 5.91. The smallest absolute Gasteiger partial charge is 0.411 e. The lowest BCUT2D eigenvalue weighted by Gasteiger charge is -2.09. The van der Waals surface area contributed by atoms with Crippen molar-refractivity contribution in [3.05, 3.63) is 77.4 Å². The molecule has 3 aromatic rings. The molecule has 0 radical (unpaired) electrons. The minimum atomic E-state index is -0.563. The molecule has 6 nitrogen and oxygen atoms in total. The lowest BCUT2D eigenvalue weighted by atomic mass is 10.0. The van der Waals surface area contributed by atoms with E-state index < -0.39 is 6.09 Å². The summed E-state index contributed by atoms with van der Waals surface area (Å²) in [6, 6.07) is 18.5. The number of nitrogens with two attached hydrogens (primary N) is 1. The van der Waals surface area contributed by atoms with E-state index in [1.165, 1.54) is 0 Å². The Morgan fingerprint density at radius 1 is 0.900 bits per heavy atom. The minimum absolute atomic E-state index is 0.155. The number of esters is 1. The Morgan fingerprint density at radius 3 is 2.23 bits per heavy atom. The molecule has 0 bridgehead atoms. The van der Waals surface area contributed by atoms with Crippen LogP contribution in [0.2, 0.25) is 0 Å². The Balaban J connectivity index is 1.52. The van der Waals surface area contributed by atoms with Crippen LogP contribution in [0.4, 0.5) is 10.5 Å². The molecule has 0 fully saturated rings. The number of carbonyl (C=O) groups is 2. The first-order valence-electron chi connectivity index (χ1n) is 10.0. The summed E-state index contributed by atoms with van der Waals surface area (Å²) in [4.78, 5) is 24.0. The average Bonchev–Trinajstić information content (AvgIpc) is 2.77. The van der Waals surface area contributed by atoms with Gasteiger partial charge >= 0.3 is 12.1 Å². The predicted molar refractivity (Wildman–Crippen MR) is 117 cm³/mol. The molecule has 0 heterocycles. The number of amides is 1. The predicted octanol–water partition coefficient (Wildman–Crippen LogP) is 5.00. The Labute approximate surface area is 176 Å². The van der Waals surface area contributed by atoms with Crippen LogP contribution < -0.4 is 11.1 Å². The van der Waals surface area contributed by atoms with E-state index in [0.29, 0.717) is 24.4 Å². The van der Waals surface area contributed by atoms with Gasteiger partial charge in [-0.1, -0.05) is 37.6 Å². The van der Waals surface area contributed by atoms with E-state index in [4.69, 9.17) is 15.2 Å². The van der Waals surface area contributed by atoms with Crippen LogP contribution in [0, 0.1) is 0 Å². The Bertz CT molecular complexity index is 1020. The normalized spacial score (nSPS) is 10.6. The number of hydrogen-bond acceptors (Lipinski definition) is 5. The number of carbonyl (C=O) groups excluding carboxylic acids is 2. The highest BCUT2D eigenvalue weighted by Crippen LogP contribution is 2.19. The number of benzene rings is 3. The summed E-state index contributed by atoms with van der Waals surface area (Å²) >= 11 is 0. The molecule has 0 atom stereocenters. The molecule has 1 amide bonds. The first-order chi connectivity index (χ1) is 14.6. The topological polar surface area (TPSA) is 90.6 Å². The van der Waals surface area contributed by atoms with Crippen LogP contribution in [0.25, 0.3) is 10.8 Å². The summed E-state index contributed by atoms with van der Waals surface area (Å²) in [5.74, 6) is -0.368. The van der Waals surface area contributed by atoms with Gasteiger partial charge in [0, 0.05) is 12.2 Å². The zero-order valence-corrected chi connectivity index (χ0v) is 17.0. The van der Waals surface area contributed by atoms with Gasteiger partial charge in [-0.05, 0) is 64.7 Å². The largest absolute Gasteiger partial charge is 0.462 e. The maximum atomic E-state index is 12.1. The van der Waals surface area contributed by atoms with E-state index in [2.05, 4.69) is 11.4 Å². The number of rotatable bonds is 8. The van der Waals surface area contributed by atoms with Crippen molar-refractivity contribution in [2.75, 3.05) is 11.9 Å². The quantitative estimate of drug-likeness (QED) is 0.406. The van der Waals surface area contributed by atoms with Gasteiger partial charge in [0.2, 0.25) is 0 Å². The van der Waals surface area contributed by atoms with Crippen molar-refractivity contribution in [1.82, 2.24) is 0 Å². The van der Waals surface area contributed by atoms with Gasteiger partial charge in [0.15, 0.2) is 0 Å². The highest BCUT2D eigenvalue weighted by atomic mass is 16.5. The molecule has 3 N–H and O–H groups in total. The van der Waals surface area contributed by atoms with Crippen LogP contribution in [-0.2, 0) is 22.6 Å². The molecule has 156 valence electrons. The van der Waals surface area contributed by atoms with Crippen molar-refractivity contribution in [3.8, 4) is 0 Å². The SMILES string of the molecule is CCCCOC(=O)c1ccc(NC(=O)OCc2ccc3cc(CN)ccc3c2)cc1. The van der Waals surface area contributed by atoms with E-state index in [0.717, 1.165) is 34.7 Å². The lowest BCUT2D eigenvalue weighted by Crippen LogP contribution is -2.13. The van der Waals surface area contributed by atoms with Crippen molar-refractivity contribution < 1.29 is 19.1 Å². The summed E-state index contributed by atoms with van der Waals surface area (Å²) in [7, 11) is 0. The Hall–Kier alpha value is -3.38. The number of ether oxygens (including phenoxy) is 2. The molecular weight excluding hydrogens is 380 g/mol. The van der Waals surface area contributed by atoms with E-state index in [1.807, 2.05) is 37.3 Å². The highest BCUT2D eigenvalue weighted by Gasteiger charge is 2.09. The maximum absolute atomic E-state index is 12.1. The third kappa shape index (κ3) is 5.81. The van der Waals surface area contributed by atoms with Gasteiger partial charge in [0.1, 0.15) is 6.61 Å². The van der Waals surface area contributed by atoms with Crippen LogP contribution in [0.5, 0.6) is 0 Å². The van der Waals surface area contributed by atoms with E-state index in [-0.39, 0.29) is 12.6 Å². The summed E-state index contributed by atoms with van der Waals surface area (Å²) in [6.45, 7) is 3.10. The Kier molecular flexibility index (Phi) is 7.40. The fraction of sp³-hybridized carbons (Fsp3) is 0.250. The fourth-order valence-corrected chi connectivity index (χ4v) is 2.95. The molecule has 0 aliphatic carbocycles. The average molecular weight is 406 g/mol. The number of anilines is 1.